The Labute approximate surface area is 173 Å². The van der Waals surface area contributed by atoms with Gasteiger partial charge in [-0.1, -0.05) is 0 Å². The third-order valence-corrected chi connectivity index (χ3v) is 4.87. The van der Waals surface area contributed by atoms with E-state index in [0.717, 1.165) is 16.9 Å². The van der Waals surface area contributed by atoms with Gasteiger partial charge in [-0.2, -0.15) is 5.26 Å². The fraction of sp³-hybridized carbons (Fsp3) is 0.182. The number of aromatic nitrogens is 4. The lowest BCUT2D eigenvalue weighted by Crippen LogP contribution is -1.98. The second-order valence-electron chi connectivity index (χ2n) is 6.61. The predicted molar refractivity (Wildman–Crippen MR) is 111 cm³/mol. The summed E-state index contributed by atoms with van der Waals surface area (Å²) in [6.07, 6.45) is 3.49. The quantitative estimate of drug-likeness (QED) is 0.545. The zero-order valence-electron chi connectivity index (χ0n) is 16.7. The molecule has 0 aliphatic carbocycles. The third-order valence-electron chi connectivity index (χ3n) is 4.87. The first-order valence-electron chi connectivity index (χ1n) is 9.19. The third kappa shape index (κ3) is 3.16. The van der Waals surface area contributed by atoms with Gasteiger partial charge < -0.3 is 14.6 Å². The number of ether oxygens (including phenoxy) is 2. The zero-order valence-corrected chi connectivity index (χ0v) is 16.7. The van der Waals surface area contributed by atoms with Gasteiger partial charge in [0.05, 0.1) is 54.7 Å². The van der Waals surface area contributed by atoms with Crippen molar-refractivity contribution in [1.82, 2.24) is 19.5 Å². The Hall–Kier alpha value is -4.12. The molecule has 0 aromatic carbocycles. The Morgan fingerprint density at radius 2 is 1.97 bits per heavy atom. The molecule has 0 fully saturated rings. The van der Waals surface area contributed by atoms with Crippen LogP contribution in [0.25, 0.3) is 27.8 Å². The van der Waals surface area contributed by atoms with Crippen LogP contribution in [0.5, 0.6) is 17.5 Å². The van der Waals surface area contributed by atoms with E-state index in [1.807, 2.05) is 25.1 Å². The Balaban J connectivity index is 1.85. The summed E-state index contributed by atoms with van der Waals surface area (Å²) in [5.41, 5.74) is 4.25. The van der Waals surface area contributed by atoms with Crippen LogP contribution in [0.1, 0.15) is 11.4 Å². The molecular weight excluding hydrogens is 382 g/mol. The van der Waals surface area contributed by atoms with Gasteiger partial charge in [-0.15, -0.1) is 0 Å². The molecule has 0 saturated carbocycles. The van der Waals surface area contributed by atoms with E-state index in [1.54, 1.807) is 36.2 Å². The van der Waals surface area contributed by atoms with Crippen molar-refractivity contribution in [3.8, 4) is 40.5 Å². The highest BCUT2D eigenvalue weighted by Crippen LogP contribution is 2.35. The topological polar surface area (TPSA) is 106 Å². The van der Waals surface area contributed by atoms with E-state index in [2.05, 4.69) is 16.0 Å². The van der Waals surface area contributed by atoms with Crippen LogP contribution in [0.15, 0.2) is 42.7 Å². The van der Waals surface area contributed by atoms with Gasteiger partial charge in [0, 0.05) is 23.7 Å². The summed E-state index contributed by atoms with van der Waals surface area (Å²) in [7, 11) is 3.09. The zero-order chi connectivity index (χ0) is 21.3. The highest BCUT2D eigenvalue weighted by atomic mass is 16.5. The van der Waals surface area contributed by atoms with Crippen molar-refractivity contribution in [1.29, 1.82) is 5.26 Å². The van der Waals surface area contributed by atoms with E-state index >= 15 is 0 Å². The Kier molecular flexibility index (Phi) is 4.94. The van der Waals surface area contributed by atoms with E-state index in [0.29, 0.717) is 33.9 Å². The summed E-state index contributed by atoms with van der Waals surface area (Å²) in [4.78, 5) is 13.2. The molecule has 8 heteroatoms. The highest BCUT2D eigenvalue weighted by molar-refractivity contribution is 5.90. The number of pyridine rings is 3. The molecular formula is C22H19N5O3. The van der Waals surface area contributed by atoms with Crippen molar-refractivity contribution in [3.05, 3.63) is 54.1 Å². The van der Waals surface area contributed by atoms with Gasteiger partial charge in [-0.25, -0.2) is 9.97 Å². The van der Waals surface area contributed by atoms with E-state index in [4.69, 9.17) is 19.7 Å². The van der Waals surface area contributed by atoms with Crippen molar-refractivity contribution < 1.29 is 14.6 Å². The van der Waals surface area contributed by atoms with E-state index in [1.165, 1.54) is 7.11 Å². The standard InChI is InChI=1S/C22H19N5O3/c1-13-20-17(22(28)27(13)16-7-9-24-15(11-16)6-8-23)4-5-18(26-20)14-10-19(29-2)21(30-3)25-12-14/h4-5,7,9-12,28H,6H2,1-3H3. The van der Waals surface area contributed by atoms with Gasteiger partial charge in [-0.3, -0.25) is 9.55 Å². The van der Waals surface area contributed by atoms with Crippen LogP contribution in [0.3, 0.4) is 0 Å². The molecule has 150 valence electrons. The monoisotopic (exact) mass is 401 g/mol. The smallest absolute Gasteiger partial charge is 0.256 e. The van der Waals surface area contributed by atoms with Crippen molar-refractivity contribution >= 4 is 10.9 Å². The van der Waals surface area contributed by atoms with Gasteiger partial charge in [-0.05, 0) is 37.3 Å². The fourth-order valence-corrected chi connectivity index (χ4v) is 3.43. The number of aryl methyl sites for hydroxylation is 1. The summed E-state index contributed by atoms with van der Waals surface area (Å²) in [6.45, 7) is 1.89. The number of aromatic hydroxyl groups is 1. The summed E-state index contributed by atoms with van der Waals surface area (Å²) < 4.78 is 12.2. The van der Waals surface area contributed by atoms with Crippen LogP contribution >= 0.6 is 0 Å². The first-order chi connectivity index (χ1) is 14.6. The van der Waals surface area contributed by atoms with Crippen molar-refractivity contribution in [2.45, 2.75) is 13.3 Å². The number of fused-ring (bicyclic) bond motifs is 1. The van der Waals surface area contributed by atoms with Crippen LogP contribution in [0, 0.1) is 18.3 Å². The van der Waals surface area contributed by atoms with Crippen molar-refractivity contribution in [3.63, 3.8) is 0 Å². The number of nitriles is 1. The molecule has 4 aromatic rings. The van der Waals surface area contributed by atoms with E-state index < -0.39 is 0 Å². The number of rotatable bonds is 5. The number of nitrogens with zero attached hydrogens (tertiary/aromatic N) is 5. The normalized spacial score (nSPS) is 10.7. The van der Waals surface area contributed by atoms with Gasteiger partial charge >= 0.3 is 0 Å². The van der Waals surface area contributed by atoms with Crippen LogP contribution in [0.4, 0.5) is 0 Å². The van der Waals surface area contributed by atoms with E-state index in [-0.39, 0.29) is 12.3 Å². The summed E-state index contributed by atoms with van der Waals surface area (Å²) >= 11 is 0. The second kappa shape index (κ2) is 7.72. The minimum atomic E-state index is 0.0843. The minimum absolute atomic E-state index is 0.0843. The molecule has 30 heavy (non-hydrogen) atoms. The molecule has 1 N–H and O–H groups in total. The molecule has 4 heterocycles. The maximum atomic E-state index is 10.8. The Morgan fingerprint density at radius 1 is 1.13 bits per heavy atom. The predicted octanol–water partition coefficient (Wildman–Crippen LogP) is 3.58. The molecule has 0 unspecified atom stereocenters. The second-order valence-corrected chi connectivity index (χ2v) is 6.61. The molecule has 0 bridgehead atoms. The first kappa shape index (κ1) is 19.2. The molecule has 0 amide bonds. The molecule has 4 rings (SSSR count). The maximum Gasteiger partial charge on any atom is 0.256 e. The molecule has 0 atom stereocenters. The highest BCUT2D eigenvalue weighted by Gasteiger charge is 2.18. The molecule has 0 radical (unpaired) electrons. The summed E-state index contributed by atoms with van der Waals surface area (Å²) in [6, 6.07) is 11.1. The molecule has 4 aromatic heterocycles. The number of hydrogen-bond donors (Lipinski definition) is 1. The molecule has 0 spiro atoms. The van der Waals surface area contributed by atoms with Gasteiger partial charge in [0.15, 0.2) is 5.75 Å². The lowest BCUT2D eigenvalue weighted by molar-refractivity contribution is 0.343. The Morgan fingerprint density at radius 3 is 2.70 bits per heavy atom. The molecule has 0 aliphatic heterocycles. The number of hydrogen-bond acceptors (Lipinski definition) is 7. The molecule has 8 nitrogen and oxygen atoms in total. The Bertz CT molecular complexity index is 1290. The molecule has 0 saturated heterocycles. The fourth-order valence-electron chi connectivity index (χ4n) is 3.43. The molecule has 0 aliphatic rings. The lowest BCUT2D eigenvalue weighted by atomic mass is 10.1. The average Bonchev–Trinajstić information content (AvgIpc) is 3.03. The maximum absolute atomic E-state index is 10.8. The van der Waals surface area contributed by atoms with Crippen LogP contribution in [-0.2, 0) is 6.42 Å². The van der Waals surface area contributed by atoms with Gasteiger partial charge in [0.2, 0.25) is 5.88 Å². The minimum Gasteiger partial charge on any atom is -0.494 e. The van der Waals surface area contributed by atoms with Crippen LogP contribution < -0.4 is 9.47 Å². The first-order valence-corrected chi connectivity index (χ1v) is 9.19. The lowest BCUT2D eigenvalue weighted by Gasteiger charge is -2.08. The van der Waals surface area contributed by atoms with Gasteiger partial charge in [0.25, 0.3) is 5.88 Å². The summed E-state index contributed by atoms with van der Waals surface area (Å²) in [5.74, 6) is 0.991. The van der Waals surface area contributed by atoms with Crippen molar-refractivity contribution in [2.75, 3.05) is 14.2 Å². The largest absolute Gasteiger partial charge is 0.494 e. The average molecular weight is 401 g/mol. The van der Waals surface area contributed by atoms with Crippen LogP contribution in [-0.4, -0.2) is 38.8 Å². The van der Waals surface area contributed by atoms with Gasteiger partial charge in [0.1, 0.15) is 0 Å². The summed E-state index contributed by atoms with van der Waals surface area (Å²) in [5, 5.41) is 20.4. The number of methoxy groups -OCH3 is 2. The van der Waals surface area contributed by atoms with Crippen molar-refractivity contribution in [2.24, 2.45) is 0 Å². The van der Waals surface area contributed by atoms with Crippen LogP contribution in [0.2, 0.25) is 0 Å². The van der Waals surface area contributed by atoms with E-state index in [9.17, 15) is 5.11 Å². The SMILES string of the molecule is COc1cc(-c2ccc3c(O)n(-c4ccnc(CC#N)c4)c(C)c3n2)cnc1OC.